The summed E-state index contributed by atoms with van der Waals surface area (Å²) < 4.78 is 32.7. The van der Waals surface area contributed by atoms with E-state index >= 15 is 0 Å². The van der Waals surface area contributed by atoms with Crippen LogP contribution in [-0.4, -0.2) is 37.2 Å². The number of carbonyl (C=O) groups excluding carboxylic acids is 2. The maximum absolute atomic E-state index is 13.3. The van der Waals surface area contributed by atoms with E-state index in [2.05, 4.69) is 21.2 Å². The summed E-state index contributed by atoms with van der Waals surface area (Å²) in [5.74, 6) is -0.731. The summed E-state index contributed by atoms with van der Waals surface area (Å²) in [6.07, 6.45) is -0.327. The first-order chi connectivity index (χ1) is 13.5. The van der Waals surface area contributed by atoms with Crippen molar-refractivity contribution in [2.24, 2.45) is 0 Å². The fourth-order valence-corrected chi connectivity index (χ4v) is 6.02. The Morgan fingerprint density at radius 2 is 1.69 bits per heavy atom. The second-order valence-electron chi connectivity index (χ2n) is 7.99. The van der Waals surface area contributed by atoms with Crippen LogP contribution < -0.4 is 5.32 Å². The molecule has 3 unspecified atom stereocenters. The highest BCUT2D eigenvalue weighted by Crippen LogP contribution is 2.56. The predicted octanol–water partition coefficient (Wildman–Crippen LogP) is 3.85. The van der Waals surface area contributed by atoms with E-state index in [9.17, 15) is 18.0 Å². The number of sulfone groups is 1. The van der Waals surface area contributed by atoms with Crippen LogP contribution in [0.1, 0.15) is 32.3 Å². The quantitative estimate of drug-likeness (QED) is 0.657. The van der Waals surface area contributed by atoms with Crippen molar-refractivity contribution in [2.45, 2.75) is 48.0 Å². The van der Waals surface area contributed by atoms with Crippen LogP contribution in [-0.2, 0) is 19.4 Å². The fraction of sp³-hybridized carbons (Fsp3) is 0.333. The third-order valence-electron chi connectivity index (χ3n) is 4.73. The van der Waals surface area contributed by atoms with Crippen LogP contribution in [0, 0.1) is 0 Å². The van der Waals surface area contributed by atoms with Gasteiger partial charge in [0.2, 0.25) is 0 Å². The number of aldehydes is 1. The number of benzene rings is 2. The minimum absolute atomic E-state index is 0.0989. The van der Waals surface area contributed by atoms with E-state index in [1.54, 1.807) is 63.2 Å². The van der Waals surface area contributed by atoms with E-state index in [1.165, 1.54) is 12.1 Å². The molecule has 0 heterocycles. The van der Waals surface area contributed by atoms with Gasteiger partial charge in [-0.25, -0.2) is 13.2 Å². The number of hydrogen-bond acceptors (Lipinski definition) is 5. The van der Waals surface area contributed by atoms with Crippen molar-refractivity contribution in [1.82, 2.24) is 5.32 Å². The first-order valence-electron chi connectivity index (χ1n) is 9.03. The maximum Gasteiger partial charge on any atom is 0.408 e. The Bertz CT molecular complexity index is 1020. The van der Waals surface area contributed by atoms with Gasteiger partial charge in [-0.3, -0.25) is 0 Å². The predicted molar refractivity (Wildman–Crippen MR) is 112 cm³/mol. The van der Waals surface area contributed by atoms with Crippen molar-refractivity contribution in [3.8, 4) is 0 Å². The Kier molecular flexibility index (Phi) is 5.62. The van der Waals surface area contributed by atoms with Crippen LogP contribution in [0.4, 0.5) is 4.79 Å². The zero-order valence-electron chi connectivity index (χ0n) is 16.3. The summed E-state index contributed by atoms with van der Waals surface area (Å²) in [7, 11) is -3.90. The van der Waals surface area contributed by atoms with Crippen molar-refractivity contribution >= 4 is 38.1 Å². The van der Waals surface area contributed by atoms with E-state index in [0.29, 0.717) is 11.8 Å². The van der Waals surface area contributed by atoms with Gasteiger partial charge in [-0.1, -0.05) is 46.3 Å². The molecular weight excluding hydrogens is 458 g/mol. The zero-order valence-corrected chi connectivity index (χ0v) is 18.7. The molecule has 0 radical (unpaired) electrons. The van der Waals surface area contributed by atoms with Gasteiger partial charge in [-0.15, -0.1) is 0 Å². The minimum Gasteiger partial charge on any atom is -0.444 e. The number of nitrogens with one attached hydrogen (secondary N) is 1. The molecule has 3 rings (SSSR count). The molecule has 0 aromatic heterocycles. The van der Waals surface area contributed by atoms with Crippen molar-refractivity contribution in [3.63, 3.8) is 0 Å². The highest BCUT2D eigenvalue weighted by Gasteiger charge is 2.73. The van der Waals surface area contributed by atoms with E-state index in [0.717, 1.165) is 4.47 Å². The molecule has 8 heteroatoms. The molecule has 2 aromatic carbocycles. The first kappa shape index (κ1) is 21.5. The zero-order chi connectivity index (χ0) is 21.4. The molecule has 0 spiro atoms. The Morgan fingerprint density at radius 1 is 1.10 bits per heavy atom. The van der Waals surface area contributed by atoms with Crippen LogP contribution >= 0.6 is 15.9 Å². The van der Waals surface area contributed by atoms with Gasteiger partial charge in [0.15, 0.2) is 9.84 Å². The van der Waals surface area contributed by atoms with E-state index in [-0.39, 0.29) is 4.90 Å². The molecular formula is C21H22BrNO5S. The number of halogens is 1. The summed E-state index contributed by atoms with van der Waals surface area (Å²) in [6.45, 7) is 5.08. The molecule has 0 saturated heterocycles. The van der Waals surface area contributed by atoms with Gasteiger partial charge in [0.05, 0.1) is 4.90 Å². The molecule has 0 aliphatic heterocycles. The number of carbonyl (C=O) groups is 2. The molecule has 1 aliphatic carbocycles. The van der Waals surface area contributed by atoms with Gasteiger partial charge in [-0.2, -0.15) is 0 Å². The molecule has 1 amide bonds. The molecule has 1 aliphatic rings. The Hall–Kier alpha value is -2.19. The lowest BCUT2D eigenvalue weighted by molar-refractivity contribution is -0.110. The van der Waals surface area contributed by atoms with Crippen molar-refractivity contribution < 1.29 is 22.7 Å². The van der Waals surface area contributed by atoms with Gasteiger partial charge < -0.3 is 14.8 Å². The van der Waals surface area contributed by atoms with Crippen molar-refractivity contribution in [1.29, 1.82) is 0 Å². The molecule has 1 saturated carbocycles. The topological polar surface area (TPSA) is 89.5 Å². The molecule has 154 valence electrons. The molecule has 3 atom stereocenters. The molecule has 1 fully saturated rings. The standard InChI is InChI=1S/C21H22BrNO5S/c1-20(2,3)28-19(25)23-21(13-24)17(14-9-11-15(22)12-10-14)18(21)29(26,27)16-7-5-4-6-8-16/h4-13,17-18H,1-3H3,(H,23,25). The number of alkyl carbamates (subject to hydrolysis) is 1. The smallest absolute Gasteiger partial charge is 0.408 e. The fourth-order valence-electron chi connectivity index (χ4n) is 3.49. The molecule has 1 N–H and O–H groups in total. The molecule has 29 heavy (non-hydrogen) atoms. The minimum atomic E-state index is -3.90. The Balaban J connectivity index is 2.04. The summed E-state index contributed by atoms with van der Waals surface area (Å²) in [6, 6.07) is 14.9. The summed E-state index contributed by atoms with van der Waals surface area (Å²) in [5.41, 5.74) is -1.75. The van der Waals surface area contributed by atoms with Crippen LogP contribution in [0.5, 0.6) is 0 Å². The van der Waals surface area contributed by atoms with Crippen LogP contribution in [0.2, 0.25) is 0 Å². The summed E-state index contributed by atoms with van der Waals surface area (Å²) in [4.78, 5) is 24.7. The van der Waals surface area contributed by atoms with Crippen molar-refractivity contribution in [3.05, 3.63) is 64.6 Å². The van der Waals surface area contributed by atoms with E-state index in [1.807, 2.05) is 0 Å². The van der Waals surface area contributed by atoms with Crippen LogP contribution in [0.25, 0.3) is 0 Å². The normalized spacial score (nSPS) is 23.9. The van der Waals surface area contributed by atoms with Crippen LogP contribution in [0.3, 0.4) is 0 Å². The van der Waals surface area contributed by atoms with Gasteiger partial charge in [-0.05, 0) is 50.6 Å². The number of rotatable bonds is 5. The SMILES string of the molecule is CC(C)(C)OC(=O)NC1(C=O)C(c2ccc(Br)cc2)C1S(=O)(=O)c1ccccc1. The lowest BCUT2D eigenvalue weighted by Gasteiger charge is -2.22. The monoisotopic (exact) mass is 479 g/mol. The van der Waals surface area contributed by atoms with Gasteiger partial charge in [0, 0.05) is 10.4 Å². The average Bonchev–Trinajstić information content (AvgIpc) is 3.31. The summed E-state index contributed by atoms with van der Waals surface area (Å²) in [5, 5.41) is 1.41. The van der Waals surface area contributed by atoms with Gasteiger partial charge in [0.1, 0.15) is 22.7 Å². The first-order valence-corrected chi connectivity index (χ1v) is 11.4. The Labute approximate surface area is 178 Å². The highest BCUT2D eigenvalue weighted by molar-refractivity contribution is 9.10. The second-order valence-corrected chi connectivity index (χ2v) is 11.0. The lowest BCUT2D eigenvalue weighted by Crippen LogP contribution is -2.45. The van der Waals surface area contributed by atoms with Gasteiger partial charge >= 0.3 is 6.09 Å². The van der Waals surface area contributed by atoms with Crippen molar-refractivity contribution in [2.75, 3.05) is 0 Å². The van der Waals surface area contributed by atoms with E-state index in [4.69, 9.17) is 4.74 Å². The molecule has 0 bridgehead atoms. The highest BCUT2D eigenvalue weighted by atomic mass is 79.9. The Morgan fingerprint density at radius 3 is 2.21 bits per heavy atom. The average molecular weight is 480 g/mol. The van der Waals surface area contributed by atoms with E-state index < -0.39 is 38.2 Å². The molecule has 2 aromatic rings. The maximum atomic E-state index is 13.3. The van der Waals surface area contributed by atoms with Gasteiger partial charge in [0.25, 0.3) is 0 Å². The molecule has 6 nitrogen and oxygen atoms in total. The number of amides is 1. The second kappa shape index (κ2) is 7.57. The number of ether oxygens (including phenoxy) is 1. The lowest BCUT2D eigenvalue weighted by atomic mass is 10.1. The summed E-state index contributed by atoms with van der Waals surface area (Å²) >= 11 is 3.35. The third kappa shape index (κ3) is 4.23. The van der Waals surface area contributed by atoms with Crippen LogP contribution in [0.15, 0.2) is 64.0 Å². The third-order valence-corrected chi connectivity index (χ3v) is 7.52. The number of hydrogen-bond donors (Lipinski definition) is 1. The largest absolute Gasteiger partial charge is 0.444 e.